The minimum absolute atomic E-state index is 0.0613. The number of aryl methyl sites for hydroxylation is 1. The number of fused-ring (bicyclic) bond motifs is 1. The number of nitro benzene ring substituents is 1. The molecule has 28 heavy (non-hydrogen) atoms. The van der Waals surface area contributed by atoms with Gasteiger partial charge in [-0.2, -0.15) is 5.26 Å². The maximum Gasteiger partial charge on any atom is 0.270 e. The van der Waals surface area contributed by atoms with Crippen molar-refractivity contribution in [2.75, 3.05) is 0 Å². The lowest BCUT2D eigenvalue weighted by molar-refractivity contribution is -0.384. The average Bonchev–Trinajstić information content (AvgIpc) is 3.30. The van der Waals surface area contributed by atoms with E-state index in [1.165, 1.54) is 23.1 Å². The zero-order valence-corrected chi connectivity index (χ0v) is 16.2. The second-order valence-corrected chi connectivity index (χ2v) is 7.88. The summed E-state index contributed by atoms with van der Waals surface area (Å²) in [6.45, 7) is 0. The van der Waals surface area contributed by atoms with Crippen LogP contribution in [0.1, 0.15) is 34.6 Å². The molecule has 6 nitrogen and oxygen atoms in total. The van der Waals surface area contributed by atoms with Gasteiger partial charge in [-0.05, 0) is 49.4 Å². The summed E-state index contributed by atoms with van der Waals surface area (Å²) in [5.74, 6) is 0.897. The van der Waals surface area contributed by atoms with Gasteiger partial charge in [0.2, 0.25) is 0 Å². The summed E-state index contributed by atoms with van der Waals surface area (Å²) >= 11 is 7.72. The molecule has 8 heteroatoms. The summed E-state index contributed by atoms with van der Waals surface area (Å²) in [7, 11) is 0. The monoisotopic (exact) mass is 411 g/mol. The van der Waals surface area contributed by atoms with Gasteiger partial charge >= 0.3 is 0 Å². The van der Waals surface area contributed by atoms with Crippen molar-refractivity contribution in [2.24, 2.45) is 4.99 Å². The number of hydrogen-bond acceptors (Lipinski definition) is 6. The first-order valence-corrected chi connectivity index (χ1v) is 9.89. The van der Waals surface area contributed by atoms with Crippen molar-refractivity contribution in [2.45, 2.75) is 25.7 Å². The number of hydrogen-bond donors (Lipinski definition) is 0. The molecule has 4 rings (SSSR count). The van der Waals surface area contributed by atoms with Gasteiger partial charge < -0.3 is 4.42 Å². The normalized spacial score (nSPS) is 13.4. The molecule has 0 aliphatic heterocycles. The molecule has 1 aliphatic carbocycles. The lowest BCUT2D eigenvalue weighted by Gasteiger charge is -2.09. The van der Waals surface area contributed by atoms with Crippen molar-refractivity contribution in [1.29, 1.82) is 5.26 Å². The molecular formula is C20H14ClN3O3S. The molecule has 2 aromatic heterocycles. The zero-order chi connectivity index (χ0) is 19.7. The Morgan fingerprint density at radius 3 is 2.89 bits per heavy atom. The number of furan rings is 1. The maximum atomic E-state index is 11.0. The fraction of sp³-hybridized carbons (Fsp3) is 0.200. The Bertz CT molecular complexity index is 1140. The predicted molar refractivity (Wildman–Crippen MR) is 109 cm³/mol. The molecule has 0 atom stereocenters. The molecule has 0 amide bonds. The minimum Gasteiger partial charge on any atom is -0.455 e. The number of benzene rings is 1. The van der Waals surface area contributed by atoms with E-state index in [-0.39, 0.29) is 5.69 Å². The van der Waals surface area contributed by atoms with Gasteiger partial charge in [0.1, 0.15) is 22.6 Å². The van der Waals surface area contributed by atoms with Crippen molar-refractivity contribution >= 4 is 39.8 Å². The third-order valence-electron chi connectivity index (χ3n) is 4.63. The summed E-state index contributed by atoms with van der Waals surface area (Å²) in [6, 6.07) is 9.88. The number of thiophene rings is 1. The van der Waals surface area contributed by atoms with Crippen molar-refractivity contribution in [3.05, 3.63) is 67.2 Å². The molecule has 1 aliphatic rings. The van der Waals surface area contributed by atoms with E-state index in [4.69, 9.17) is 16.0 Å². The Morgan fingerprint density at radius 1 is 1.29 bits per heavy atom. The van der Waals surface area contributed by atoms with E-state index < -0.39 is 4.92 Å². The van der Waals surface area contributed by atoms with Gasteiger partial charge in [-0.25, -0.2) is 4.99 Å². The van der Waals surface area contributed by atoms with Crippen LogP contribution in [0.15, 0.2) is 39.7 Å². The van der Waals surface area contributed by atoms with E-state index in [1.807, 2.05) is 0 Å². The third-order valence-corrected chi connectivity index (χ3v) is 6.16. The highest BCUT2D eigenvalue weighted by Gasteiger charge is 2.20. The number of nitrogens with zero attached hydrogens (tertiary/aromatic N) is 3. The van der Waals surface area contributed by atoms with E-state index in [1.54, 1.807) is 29.7 Å². The summed E-state index contributed by atoms with van der Waals surface area (Å²) < 4.78 is 5.75. The highest BCUT2D eigenvalue weighted by Crippen LogP contribution is 2.39. The molecule has 0 N–H and O–H groups in total. The van der Waals surface area contributed by atoms with Crippen LogP contribution in [0.2, 0.25) is 5.02 Å². The predicted octanol–water partition coefficient (Wildman–Crippen LogP) is 6.07. The van der Waals surface area contributed by atoms with Crippen LogP contribution < -0.4 is 0 Å². The van der Waals surface area contributed by atoms with Crippen LogP contribution in [0.3, 0.4) is 0 Å². The molecule has 0 unspecified atom stereocenters. The molecule has 0 bridgehead atoms. The standard InChI is InChI=1S/C20H14ClN3O3S/c21-17-7-5-12(24(25)26)9-15(17)18-8-6-13(27-18)11-23-20-16(10-22)14-3-1-2-4-19(14)28-20/h5-9,11H,1-4H2. The van der Waals surface area contributed by atoms with Gasteiger partial charge in [-0.3, -0.25) is 10.1 Å². The number of non-ortho nitro benzene ring substituents is 1. The topological polar surface area (TPSA) is 92.4 Å². The molecule has 0 fully saturated rings. The largest absolute Gasteiger partial charge is 0.455 e. The van der Waals surface area contributed by atoms with Crippen LogP contribution in [0.25, 0.3) is 11.3 Å². The second-order valence-electron chi connectivity index (χ2n) is 6.38. The van der Waals surface area contributed by atoms with Crippen molar-refractivity contribution in [1.82, 2.24) is 0 Å². The molecule has 1 aromatic carbocycles. The van der Waals surface area contributed by atoms with Crippen LogP contribution in [0.5, 0.6) is 0 Å². The quantitative estimate of drug-likeness (QED) is 0.296. The van der Waals surface area contributed by atoms with Crippen LogP contribution >= 0.6 is 22.9 Å². The molecule has 2 heterocycles. The highest BCUT2D eigenvalue weighted by atomic mass is 35.5. The molecule has 140 valence electrons. The maximum absolute atomic E-state index is 11.0. The van der Waals surface area contributed by atoms with E-state index in [0.717, 1.165) is 31.2 Å². The number of rotatable bonds is 4. The van der Waals surface area contributed by atoms with E-state index in [9.17, 15) is 15.4 Å². The summed E-state index contributed by atoms with van der Waals surface area (Å²) in [6.07, 6.45) is 5.74. The van der Waals surface area contributed by atoms with Gasteiger partial charge in [0.05, 0.1) is 21.7 Å². The minimum atomic E-state index is -0.479. The SMILES string of the molecule is N#Cc1c(N=Cc2ccc(-c3cc([N+](=O)[O-])ccc3Cl)o2)sc2c1CCCC2. The van der Waals surface area contributed by atoms with Gasteiger partial charge in [-0.15, -0.1) is 11.3 Å². The molecule has 0 spiro atoms. The Labute approximate surface area is 169 Å². The first-order chi connectivity index (χ1) is 13.6. The summed E-state index contributed by atoms with van der Waals surface area (Å²) in [4.78, 5) is 16.2. The van der Waals surface area contributed by atoms with Crippen LogP contribution in [0.4, 0.5) is 10.7 Å². The number of nitro groups is 1. The van der Waals surface area contributed by atoms with E-state index in [0.29, 0.717) is 32.7 Å². The molecule has 0 radical (unpaired) electrons. The van der Waals surface area contributed by atoms with Crippen LogP contribution in [-0.2, 0) is 12.8 Å². The average molecular weight is 412 g/mol. The smallest absolute Gasteiger partial charge is 0.270 e. The Morgan fingerprint density at radius 2 is 2.11 bits per heavy atom. The highest BCUT2D eigenvalue weighted by molar-refractivity contribution is 7.16. The zero-order valence-electron chi connectivity index (χ0n) is 14.6. The van der Waals surface area contributed by atoms with Crippen LogP contribution in [-0.4, -0.2) is 11.1 Å². The van der Waals surface area contributed by atoms with Crippen molar-refractivity contribution < 1.29 is 9.34 Å². The fourth-order valence-electron chi connectivity index (χ4n) is 3.26. The van der Waals surface area contributed by atoms with Gasteiger partial charge in [0.25, 0.3) is 5.69 Å². The van der Waals surface area contributed by atoms with Gasteiger partial charge in [0.15, 0.2) is 0 Å². The molecule has 3 aromatic rings. The first kappa shape index (κ1) is 18.4. The van der Waals surface area contributed by atoms with E-state index >= 15 is 0 Å². The number of halogens is 1. The van der Waals surface area contributed by atoms with Crippen molar-refractivity contribution in [3.63, 3.8) is 0 Å². The summed E-state index contributed by atoms with van der Waals surface area (Å²) in [5, 5.41) is 21.6. The third kappa shape index (κ3) is 3.44. The number of nitriles is 1. The number of aliphatic imine (C=N–C) groups is 1. The Balaban J connectivity index is 1.63. The molecule has 0 saturated heterocycles. The lowest BCUT2D eigenvalue weighted by atomic mass is 9.96. The Hall–Kier alpha value is -2.95. The van der Waals surface area contributed by atoms with E-state index in [2.05, 4.69) is 11.1 Å². The fourth-order valence-corrected chi connectivity index (χ4v) is 4.66. The molecule has 0 saturated carbocycles. The van der Waals surface area contributed by atoms with Crippen LogP contribution in [0, 0.1) is 21.4 Å². The second kappa shape index (κ2) is 7.58. The van der Waals surface area contributed by atoms with Gasteiger partial charge in [-0.1, -0.05) is 11.6 Å². The Kier molecular flexibility index (Phi) is 4.99. The molecular weight excluding hydrogens is 398 g/mol. The summed E-state index contributed by atoms with van der Waals surface area (Å²) in [5.41, 5.74) is 2.17. The lowest BCUT2D eigenvalue weighted by Crippen LogP contribution is -1.99. The van der Waals surface area contributed by atoms with Gasteiger partial charge in [0, 0.05) is 22.6 Å². The van der Waals surface area contributed by atoms with Crippen molar-refractivity contribution in [3.8, 4) is 17.4 Å². The first-order valence-electron chi connectivity index (χ1n) is 8.69.